The highest BCUT2D eigenvalue weighted by Crippen LogP contribution is 2.26. The molecule has 3 aromatic rings. The molecule has 0 heterocycles. The standard InChI is InChI=1S/C25H26ClN3O5S/c1-18-10-12-21(13-11-18)35(32,33)29(20-7-5-6-19(26)16-20)17-24(30)28-23-9-4-3-8-22(23)25(31)27-14-15-34-2/h3-13,16H,14-15,17H2,1-2H3,(H,27,31)(H,28,30). The Morgan fingerprint density at radius 3 is 2.40 bits per heavy atom. The van der Waals surface area contributed by atoms with Gasteiger partial charge >= 0.3 is 0 Å². The van der Waals surface area contributed by atoms with Crippen molar-refractivity contribution in [3.05, 3.63) is 88.9 Å². The van der Waals surface area contributed by atoms with Gasteiger partial charge in [-0.15, -0.1) is 0 Å². The largest absolute Gasteiger partial charge is 0.383 e. The normalized spacial score (nSPS) is 11.1. The molecule has 2 amide bonds. The third-order valence-electron chi connectivity index (χ3n) is 5.03. The number of methoxy groups -OCH3 is 1. The first-order chi connectivity index (χ1) is 16.7. The number of carbonyl (C=O) groups is 2. The van der Waals surface area contributed by atoms with Gasteiger partial charge in [0.15, 0.2) is 0 Å². The molecule has 0 aliphatic carbocycles. The van der Waals surface area contributed by atoms with E-state index in [0.29, 0.717) is 18.2 Å². The topological polar surface area (TPSA) is 105 Å². The van der Waals surface area contributed by atoms with Crippen molar-refractivity contribution in [3.63, 3.8) is 0 Å². The van der Waals surface area contributed by atoms with Gasteiger partial charge in [-0.2, -0.15) is 0 Å². The lowest BCUT2D eigenvalue weighted by molar-refractivity contribution is -0.114. The van der Waals surface area contributed by atoms with Crippen LogP contribution < -0.4 is 14.9 Å². The van der Waals surface area contributed by atoms with Crippen LogP contribution in [-0.4, -0.2) is 47.0 Å². The maximum Gasteiger partial charge on any atom is 0.264 e. The summed E-state index contributed by atoms with van der Waals surface area (Å²) in [6.45, 7) is 1.96. The molecule has 8 nitrogen and oxygen atoms in total. The van der Waals surface area contributed by atoms with E-state index in [1.165, 1.54) is 25.3 Å². The minimum Gasteiger partial charge on any atom is -0.383 e. The van der Waals surface area contributed by atoms with Crippen LogP contribution >= 0.6 is 11.6 Å². The predicted octanol–water partition coefficient (Wildman–Crippen LogP) is 3.86. The van der Waals surface area contributed by atoms with Crippen molar-refractivity contribution in [3.8, 4) is 0 Å². The molecule has 0 unspecified atom stereocenters. The van der Waals surface area contributed by atoms with Crippen molar-refractivity contribution >= 4 is 44.8 Å². The van der Waals surface area contributed by atoms with Crippen LogP contribution in [0.3, 0.4) is 0 Å². The highest BCUT2D eigenvalue weighted by molar-refractivity contribution is 7.92. The average molecular weight is 516 g/mol. The molecule has 0 saturated carbocycles. The van der Waals surface area contributed by atoms with Crippen molar-refractivity contribution in [2.45, 2.75) is 11.8 Å². The summed E-state index contributed by atoms with van der Waals surface area (Å²) >= 11 is 6.10. The number of sulfonamides is 1. The van der Waals surface area contributed by atoms with Crippen molar-refractivity contribution in [2.24, 2.45) is 0 Å². The Bertz CT molecular complexity index is 1300. The Morgan fingerprint density at radius 2 is 1.71 bits per heavy atom. The van der Waals surface area contributed by atoms with E-state index in [4.69, 9.17) is 16.3 Å². The molecule has 2 N–H and O–H groups in total. The molecule has 35 heavy (non-hydrogen) atoms. The lowest BCUT2D eigenvalue weighted by Crippen LogP contribution is -2.38. The van der Waals surface area contributed by atoms with Gasteiger partial charge in [-0.1, -0.05) is 47.5 Å². The molecule has 0 spiro atoms. The number of ether oxygens (including phenoxy) is 1. The van der Waals surface area contributed by atoms with E-state index in [2.05, 4.69) is 10.6 Å². The second-order valence-electron chi connectivity index (χ2n) is 7.65. The first-order valence-corrected chi connectivity index (χ1v) is 12.5. The molecule has 184 valence electrons. The summed E-state index contributed by atoms with van der Waals surface area (Å²) in [7, 11) is -2.57. The van der Waals surface area contributed by atoms with E-state index < -0.39 is 28.4 Å². The lowest BCUT2D eigenvalue weighted by atomic mass is 10.1. The fraction of sp³-hybridized carbons (Fsp3) is 0.200. The van der Waals surface area contributed by atoms with E-state index >= 15 is 0 Å². The van der Waals surface area contributed by atoms with Crippen LogP contribution in [0.4, 0.5) is 11.4 Å². The first-order valence-electron chi connectivity index (χ1n) is 10.7. The van der Waals surface area contributed by atoms with Crippen LogP contribution in [0.15, 0.2) is 77.7 Å². The SMILES string of the molecule is COCCNC(=O)c1ccccc1NC(=O)CN(c1cccc(Cl)c1)S(=O)(=O)c1ccc(C)cc1. The summed E-state index contributed by atoms with van der Waals surface area (Å²) in [5.74, 6) is -1.02. The third kappa shape index (κ3) is 6.82. The predicted molar refractivity (Wildman–Crippen MR) is 136 cm³/mol. The average Bonchev–Trinajstić information content (AvgIpc) is 2.83. The molecule has 0 saturated heterocycles. The van der Waals surface area contributed by atoms with Crippen LogP contribution in [0.5, 0.6) is 0 Å². The van der Waals surface area contributed by atoms with E-state index in [1.807, 2.05) is 6.92 Å². The molecule has 0 aliphatic heterocycles. The Labute approximate surface area is 209 Å². The van der Waals surface area contributed by atoms with Crippen molar-refractivity contribution in [1.29, 1.82) is 0 Å². The maximum atomic E-state index is 13.5. The molecule has 0 radical (unpaired) electrons. The highest BCUT2D eigenvalue weighted by atomic mass is 35.5. The van der Waals surface area contributed by atoms with E-state index in [1.54, 1.807) is 54.6 Å². The summed E-state index contributed by atoms with van der Waals surface area (Å²) in [5.41, 5.74) is 1.63. The van der Waals surface area contributed by atoms with Gasteiger partial charge in [-0.25, -0.2) is 8.42 Å². The molecule has 3 aromatic carbocycles. The van der Waals surface area contributed by atoms with Crippen molar-refractivity contribution in [1.82, 2.24) is 5.32 Å². The number of halogens is 1. The number of aryl methyl sites for hydroxylation is 1. The second-order valence-corrected chi connectivity index (χ2v) is 9.95. The molecule has 0 aromatic heterocycles. The molecule has 0 fully saturated rings. The fourth-order valence-corrected chi connectivity index (χ4v) is 4.85. The number of hydrogen-bond acceptors (Lipinski definition) is 5. The first kappa shape index (κ1) is 26.2. The molecular weight excluding hydrogens is 490 g/mol. The van der Waals surface area contributed by atoms with E-state index in [-0.39, 0.29) is 21.8 Å². The summed E-state index contributed by atoms with van der Waals surface area (Å²) in [6.07, 6.45) is 0. The van der Waals surface area contributed by atoms with Crippen LogP contribution in [0.1, 0.15) is 15.9 Å². The molecule has 10 heteroatoms. The van der Waals surface area contributed by atoms with Crippen molar-refractivity contribution < 1.29 is 22.7 Å². The van der Waals surface area contributed by atoms with Gasteiger partial charge in [-0.05, 0) is 49.4 Å². The Balaban J connectivity index is 1.89. The number of carbonyl (C=O) groups excluding carboxylic acids is 2. The minimum absolute atomic E-state index is 0.0359. The zero-order valence-corrected chi connectivity index (χ0v) is 20.9. The maximum absolute atomic E-state index is 13.5. The molecular formula is C25H26ClN3O5S. The van der Waals surface area contributed by atoms with Crippen LogP contribution in [0, 0.1) is 6.92 Å². The number of amides is 2. The van der Waals surface area contributed by atoms with Gasteiger partial charge in [-0.3, -0.25) is 13.9 Å². The Morgan fingerprint density at radius 1 is 1.00 bits per heavy atom. The fourth-order valence-electron chi connectivity index (χ4n) is 3.26. The number of benzene rings is 3. The molecule has 3 rings (SSSR count). The van der Waals surface area contributed by atoms with Gasteiger partial charge in [0, 0.05) is 18.7 Å². The summed E-state index contributed by atoms with van der Waals surface area (Å²) in [6, 6.07) is 19.0. The lowest BCUT2D eigenvalue weighted by Gasteiger charge is -2.24. The van der Waals surface area contributed by atoms with Crippen LogP contribution in [0.2, 0.25) is 5.02 Å². The monoisotopic (exact) mass is 515 g/mol. The zero-order valence-electron chi connectivity index (χ0n) is 19.3. The number of para-hydroxylation sites is 1. The Hall–Kier alpha value is -3.40. The molecule has 0 aliphatic rings. The number of rotatable bonds is 10. The number of anilines is 2. The van der Waals surface area contributed by atoms with E-state index in [0.717, 1.165) is 9.87 Å². The summed E-state index contributed by atoms with van der Waals surface area (Å²) < 4.78 is 32.9. The zero-order chi connectivity index (χ0) is 25.4. The third-order valence-corrected chi connectivity index (χ3v) is 7.05. The van der Waals surface area contributed by atoms with Gasteiger partial charge in [0.2, 0.25) is 5.91 Å². The molecule has 0 bridgehead atoms. The second kappa shape index (κ2) is 11.8. The quantitative estimate of drug-likeness (QED) is 0.399. The minimum atomic E-state index is -4.10. The smallest absolute Gasteiger partial charge is 0.264 e. The summed E-state index contributed by atoms with van der Waals surface area (Å²) in [5, 5.41) is 5.68. The number of hydrogen-bond donors (Lipinski definition) is 2. The van der Waals surface area contributed by atoms with Gasteiger partial charge in [0.1, 0.15) is 6.54 Å². The van der Waals surface area contributed by atoms with Crippen molar-refractivity contribution in [2.75, 3.05) is 36.4 Å². The Kier molecular flexibility index (Phi) is 8.86. The van der Waals surface area contributed by atoms with Gasteiger partial charge < -0.3 is 15.4 Å². The number of nitrogens with one attached hydrogen (secondary N) is 2. The van der Waals surface area contributed by atoms with Gasteiger partial charge in [0.05, 0.1) is 28.4 Å². The van der Waals surface area contributed by atoms with Gasteiger partial charge in [0.25, 0.3) is 15.9 Å². The van der Waals surface area contributed by atoms with Crippen LogP contribution in [-0.2, 0) is 19.6 Å². The molecule has 0 atom stereocenters. The summed E-state index contributed by atoms with van der Waals surface area (Å²) in [4.78, 5) is 25.6. The highest BCUT2D eigenvalue weighted by Gasteiger charge is 2.28. The number of nitrogens with zero attached hydrogens (tertiary/aromatic N) is 1. The van der Waals surface area contributed by atoms with Crippen LogP contribution in [0.25, 0.3) is 0 Å². The van der Waals surface area contributed by atoms with E-state index in [9.17, 15) is 18.0 Å².